The van der Waals surface area contributed by atoms with Crippen molar-refractivity contribution in [2.75, 3.05) is 6.67 Å². The lowest BCUT2D eigenvalue weighted by Gasteiger charge is -2.26. The molecule has 21 heavy (non-hydrogen) atoms. The fourth-order valence-corrected chi connectivity index (χ4v) is 1.73. The highest BCUT2D eigenvalue weighted by atomic mass is 35.5. The van der Waals surface area contributed by atoms with Gasteiger partial charge in [0.15, 0.2) is 0 Å². The van der Waals surface area contributed by atoms with Crippen LogP contribution < -0.4 is 4.74 Å². The molecule has 1 heterocycles. The second kappa shape index (κ2) is 6.22. The fourth-order valence-electron chi connectivity index (χ4n) is 1.61. The van der Waals surface area contributed by atoms with E-state index in [9.17, 15) is 9.18 Å². The van der Waals surface area contributed by atoms with Crippen LogP contribution in [0.25, 0.3) is 0 Å². The van der Waals surface area contributed by atoms with Gasteiger partial charge in [-0.3, -0.25) is 9.18 Å². The van der Waals surface area contributed by atoms with Crippen LogP contribution >= 0.6 is 11.6 Å². The molecule has 0 saturated heterocycles. The lowest BCUT2D eigenvalue weighted by atomic mass is 9.88. The van der Waals surface area contributed by atoms with Crippen molar-refractivity contribution in [1.29, 1.82) is 0 Å². The van der Waals surface area contributed by atoms with Crippen molar-refractivity contribution in [3.8, 4) is 5.75 Å². The van der Waals surface area contributed by atoms with Crippen LogP contribution in [0.15, 0.2) is 36.9 Å². The Balaban J connectivity index is 2.29. The molecule has 2 aromatic rings. The SMILES string of the molecule is CC(C)(CF)C(=O)C(Oc1ccc(Cl)cc1)n1cncn1. The van der Waals surface area contributed by atoms with E-state index in [1.165, 1.54) is 31.2 Å². The molecule has 0 saturated carbocycles. The van der Waals surface area contributed by atoms with Gasteiger partial charge in [-0.05, 0) is 24.3 Å². The van der Waals surface area contributed by atoms with Gasteiger partial charge in [0.05, 0.1) is 5.41 Å². The minimum Gasteiger partial charge on any atom is -0.461 e. The average Bonchev–Trinajstić information content (AvgIpc) is 3.00. The van der Waals surface area contributed by atoms with Gasteiger partial charge in [-0.2, -0.15) is 5.10 Å². The van der Waals surface area contributed by atoms with E-state index >= 15 is 0 Å². The number of Topliss-reactive ketones (excluding diaryl/α,β-unsaturated/α-hetero) is 1. The molecule has 0 spiro atoms. The van der Waals surface area contributed by atoms with Crippen LogP contribution in [0.1, 0.15) is 20.1 Å². The molecule has 0 bridgehead atoms. The first-order chi connectivity index (χ1) is 9.94. The van der Waals surface area contributed by atoms with Crippen LogP contribution in [-0.4, -0.2) is 27.2 Å². The highest BCUT2D eigenvalue weighted by Crippen LogP contribution is 2.27. The van der Waals surface area contributed by atoms with E-state index in [4.69, 9.17) is 16.3 Å². The van der Waals surface area contributed by atoms with Crippen LogP contribution in [0.2, 0.25) is 5.02 Å². The maximum absolute atomic E-state index is 13.1. The number of carbonyl (C=O) groups is 1. The molecular weight excluding hydrogens is 297 g/mol. The standard InChI is InChI=1S/C14H15ClFN3O2/c1-14(2,7-16)12(20)13(19-9-17-8-18-19)21-11-5-3-10(15)4-6-11/h3-6,8-9,13H,7H2,1-2H3. The van der Waals surface area contributed by atoms with E-state index in [1.807, 2.05) is 0 Å². The monoisotopic (exact) mass is 311 g/mol. The molecule has 1 unspecified atom stereocenters. The highest BCUT2D eigenvalue weighted by Gasteiger charge is 2.37. The van der Waals surface area contributed by atoms with Crippen molar-refractivity contribution < 1.29 is 13.9 Å². The van der Waals surface area contributed by atoms with Crippen LogP contribution in [0, 0.1) is 5.41 Å². The number of hydrogen-bond acceptors (Lipinski definition) is 4. The normalized spacial score (nSPS) is 13.0. The first kappa shape index (κ1) is 15.4. The molecule has 0 aliphatic rings. The number of alkyl halides is 1. The van der Waals surface area contributed by atoms with Gasteiger partial charge < -0.3 is 4.74 Å². The summed E-state index contributed by atoms with van der Waals surface area (Å²) in [7, 11) is 0. The zero-order valence-electron chi connectivity index (χ0n) is 11.7. The Bertz CT molecular complexity index is 599. The van der Waals surface area contributed by atoms with Gasteiger partial charge >= 0.3 is 0 Å². The highest BCUT2D eigenvalue weighted by molar-refractivity contribution is 6.30. The van der Waals surface area contributed by atoms with Crippen molar-refractivity contribution in [2.45, 2.75) is 20.1 Å². The molecule has 0 N–H and O–H groups in total. The third kappa shape index (κ3) is 3.58. The molecule has 1 aromatic carbocycles. The number of ether oxygens (including phenoxy) is 1. The van der Waals surface area contributed by atoms with E-state index in [2.05, 4.69) is 10.1 Å². The topological polar surface area (TPSA) is 57.0 Å². The molecule has 0 radical (unpaired) electrons. The number of benzene rings is 1. The molecular formula is C14H15ClFN3O2. The summed E-state index contributed by atoms with van der Waals surface area (Å²) in [4.78, 5) is 16.3. The van der Waals surface area contributed by atoms with Gasteiger partial charge in [0.2, 0.25) is 5.78 Å². The van der Waals surface area contributed by atoms with Crippen LogP contribution in [0.3, 0.4) is 0 Å². The minimum absolute atomic E-state index is 0.426. The minimum atomic E-state index is -1.18. The van der Waals surface area contributed by atoms with Gasteiger partial charge in [0, 0.05) is 5.02 Å². The number of carbonyl (C=O) groups excluding carboxylic acids is 1. The molecule has 0 fully saturated rings. The number of rotatable bonds is 6. The number of hydrogen-bond donors (Lipinski definition) is 0. The van der Waals surface area contributed by atoms with Crippen LogP contribution in [-0.2, 0) is 4.79 Å². The van der Waals surface area contributed by atoms with Crippen molar-refractivity contribution in [3.05, 3.63) is 41.9 Å². The summed E-state index contributed by atoms with van der Waals surface area (Å²) in [6.07, 6.45) is 1.56. The molecule has 1 aromatic heterocycles. The van der Waals surface area contributed by atoms with Gasteiger partial charge in [-0.1, -0.05) is 25.4 Å². The summed E-state index contributed by atoms with van der Waals surface area (Å²) in [5.74, 6) is 0.00774. The number of nitrogens with zero attached hydrogens (tertiary/aromatic N) is 3. The maximum Gasteiger partial charge on any atom is 0.252 e. The van der Waals surface area contributed by atoms with Crippen LogP contribution in [0.5, 0.6) is 5.75 Å². The van der Waals surface area contributed by atoms with Gasteiger partial charge in [-0.25, -0.2) is 9.67 Å². The van der Waals surface area contributed by atoms with E-state index < -0.39 is 24.1 Å². The van der Waals surface area contributed by atoms with Crippen molar-refractivity contribution in [1.82, 2.24) is 14.8 Å². The Morgan fingerprint density at radius 1 is 1.43 bits per heavy atom. The summed E-state index contributed by atoms with van der Waals surface area (Å²) in [5, 5.41) is 4.46. The smallest absolute Gasteiger partial charge is 0.252 e. The number of halogens is 2. The Hall–Kier alpha value is -1.95. The quantitative estimate of drug-likeness (QED) is 0.822. The van der Waals surface area contributed by atoms with Gasteiger partial charge in [0.25, 0.3) is 6.23 Å². The lowest BCUT2D eigenvalue weighted by molar-refractivity contribution is -0.140. The molecule has 1 atom stereocenters. The fraction of sp³-hybridized carbons (Fsp3) is 0.357. The molecule has 112 valence electrons. The summed E-state index contributed by atoms with van der Waals surface area (Å²) < 4.78 is 20.0. The molecule has 0 aliphatic carbocycles. The Labute approximate surface area is 126 Å². The van der Waals surface area contributed by atoms with Crippen molar-refractivity contribution in [2.24, 2.45) is 5.41 Å². The molecule has 0 amide bonds. The van der Waals surface area contributed by atoms with Crippen molar-refractivity contribution in [3.63, 3.8) is 0 Å². The third-order valence-corrected chi connectivity index (χ3v) is 3.22. The second-order valence-electron chi connectivity index (χ2n) is 5.18. The zero-order chi connectivity index (χ0) is 15.5. The molecule has 0 aliphatic heterocycles. The number of aromatic nitrogens is 3. The molecule has 2 rings (SSSR count). The Morgan fingerprint density at radius 3 is 2.62 bits per heavy atom. The zero-order valence-corrected chi connectivity index (χ0v) is 12.4. The van der Waals surface area contributed by atoms with Crippen LogP contribution in [0.4, 0.5) is 4.39 Å². The Kier molecular flexibility index (Phi) is 4.57. The lowest BCUT2D eigenvalue weighted by Crippen LogP contribution is -2.37. The summed E-state index contributed by atoms with van der Waals surface area (Å²) >= 11 is 5.81. The first-order valence-corrected chi connectivity index (χ1v) is 6.68. The largest absolute Gasteiger partial charge is 0.461 e. The molecule has 5 nitrogen and oxygen atoms in total. The van der Waals surface area contributed by atoms with E-state index in [0.717, 1.165) is 0 Å². The van der Waals surface area contributed by atoms with E-state index in [-0.39, 0.29) is 0 Å². The third-order valence-electron chi connectivity index (χ3n) is 2.96. The summed E-state index contributed by atoms with van der Waals surface area (Å²) in [5.41, 5.74) is -1.18. The van der Waals surface area contributed by atoms with E-state index in [0.29, 0.717) is 10.8 Å². The summed E-state index contributed by atoms with van der Waals surface area (Å²) in [6, 6.07) is 6.53. The summed E-state index contributed by atoms with van der Waals surface area (Å²) in [6.45, 7) is 2.25. The van der Waals surface area contributed by atoms with Gasteiger partial charge in [0.1, 0.15) is 25.1 Å². The van der Waals surface area contributed by atoms with Crippen molar-refractivity contribution >= 4 is 17.4 Å². The van der Waals surface area contributed by atoms with E-state index in [1.54, 1.807) is 24.3 Å². The number of ketones is 1. The average molecular weight is 312 g/mol. The predicted octanol–water partition coefficient (Wildman–Crippen LogP) is 3.07. The maximum atomic E-state index is 13.1. The predicted molar refractivity (Wildman–Crippen MR) is 75.9 cm³/mol. The van der Waals surface area contributed by atoms with Gasteiger partial charge in [-0.15, -0.1) is 0 Å². The second-order valence-corrected chi connectivity index (χ2v) is 5.62. The first-order valence-electron chi connectivity index (χ1n) is 6.30. The molecule has 7 heteroatoms. The Morgan fingerprint density at radius 2 is 2.10 bits per heavy atom.